The molecule has 0 unspecified atom stereocenters. The molecular formula is C23H20O4. The molecule has 27 heavy (non-hydrogen) atoms. The predicted octanol–water partition coefficient (Wildman–Crippen LogP) is 4.99. The maximum atomic E-state index is 12.1. The van der Waals surface area contributed by atoms with Crippen molar-refractivity contribution in [2.24, 2.45) is 0 Å². The Hall–Kier alpha value is -3.53. The summed E-state index contributed by atoms with van der Waals surface area (Å²) in [6, 6.07) is 22.8. The first-order chi connectivity index (χ1) is 13.2. The smallest absolute Gasteiger partial charge is 0.336 e. The molecule has 0 aliphatic heterocycles. The Labute approximate surface area is 158 Å². The predicted molar refractivity (Wildman–Crippen MR) is 106 cm³/mol. The molecule has 3 aromatic rings. The lowest BCUT2D eigenvalue weighted by molar-refractivity contribution is -0.128. The van der Waals surface area contributed by atoms with Gasteiger partial charge in [-0.15, -0.1) is 0 Å². The van der Waals surface area contributed by atoms with Crippen molar-refractivity contribution in [1.82, 2.24) is 0 Å². The van der Waals surface area contributed by atoms with Gasteiger partial charge in [0.15, 0.2) is 0 Å². The summed E-state index contributed by atoms with van der Waals surface area (Å²) >= 11 is 0. The van der Waals surface area contributed by atoms with Gasteiger partial charge in [-0.3, -0.25) is 0 Å². The molecule has 0 aliphatic carbocycles. The summed E-state index contributed by atoms with van der Waals surface area (Å²) < 4.78 is 15.8. The van der Waals surface area contributed by atoms with Gasteiger partial charge in [-0.2, -0.15) is 0 Å². The lowest BCUT2D eigenvalue weighted by Gasteiger charge is -2.07. The van der Waals surface area contributed by atoms with Gasteiger partial charge in [-0.05, 0) is 41.5 Å². The molecule has 4 nitrogen and oxygen atoms in total. The van der Waals surface area contributed by atoms with Gasteiger partial charge < -0.3 is 14.2 Å². The van der Waals surface area contributed by atoms with Gasteiger partial charge >= 0.3 is 5.97 Å². The lowest BCUT2D eigenvalue weighted by atomic mass is 10.1. The molecule has 0 spiro atoms. The summed E-state index contributed by atoms with van der Waals surface area (Å²) in [5, 5.41) is 0. The third-order valence-electron chi connectivity index (χ3n) is 4.02. The number of carbonyl (C=O) groups excluding carboxylic acids is 1. The van der Waals surface area contributed by atoms with Gasteiger partial charge in [-0.1, -0.05) is 42.5 Å². The third kappa shape index (κ3) is 4.76. The van der Waals surface area contributed by atoms with E-state index in [0.29, 0.717) is 17.2 Å². The molecule has 0 saturated heterocycles. The summed E-state index contributed by atoms with van der Waals surface area (Å²) in [6.07, 6.45) is 3.02. The Morgan fingerprint density at radius 3 is 2.11 bits per heavy atom. The van der Waals surface area contributed by atoms with Crippen LogP contribution >= 0.6 is 0 Å². The largest absolute Gasteiger partial charge is 0.497 e. The average Bonchev–Trinajstić information content (AvgIpc) is 2.73. The summed E-state index contributed by atoms with van der Waals surface area (Å²) in [7, 11) is 3.16. The van der Waals surface area contributed by atoms with E-state index in [9.17, 15) is 4.79 Å². The van der Waals surface area contributed by atoms with Crippen LogP contribution in [-0.2, 0) is 4.79 Å². The van der Waals surface area contributed by atoms with Crippen LogP contribution in [0, 0.1) is 0 Å². The van der Waals surface area contributed by atoms with Crippen molar-refractivity contribution < 1.29 is 19.0 Å². The van der Waals surface area contributed by atoms with Crippen LogP contribution in [0.25, 0.3) is 17.2 Å². The first kappa shape index (κ1) is 18.3. The number of benzene rings is 3. The van der Waals surface area contributed by atoms with Crippen LogP contribution in [0.15, 0.2) is 78.9 Å². The Kier molecular flexibility index (Phi) is 5.90. The fourth-order valence-electron chi connectivity index (χ4n) is 2.61. The molecule has 0 aliphatic rings. The highest BCUT2D eigenvalue weighted by molar-refractivity contribution is 5.89. The van der Waals surface area contributed by atoms with Crippen molar-refractivity contribution in [3.05, 3.63) is 84.4 Å². The quantitative estimate of drug-likeness (QED) is 0.353. The number of methoxy groups -OCH3 is 2. The Morgan fingerprint density at radius 2 is 1.44 bits per heavy atom. The van der Waals surface area contributed by atoms with E-state index in [2.05, 4.69) is 0 Å². The molecule has 0 amide bonds. The molecule has 0 bridgehead atoms. The number of carbonyl (C=O) groups is 1. The summed E-state index contributed by atoms with van der Waals surface area (Å²) in [5.41, 5.74) is 2.94. The molecule has 0 aromatic heterocycles. The fraction of sp³-hybridized carbons (Fsp3) is 0.0870. The number of hydrogen-bond acceptors (Lipinski definition) is 4. The molecule has 3 rings (SSSR count). The second-order valence-electron chi connectivity index (χ2n) is 5.75. The van der Waals surface area contributed by atoms with Crippen molar-refractivity contribution in [1.29, 1.82) is 0 Å². The Bertz CT molecular complexity index is 928. The van der Waals surface area contributed by atoms with E-state index in [1.807, 2.05) is 48.5 Å². The zero-order valence-electron chi connectivity index (χ0n) is 15.2. The zero-order valence-corrected chi connectivity index (χ0v) is 15.2. The van der Waals surface area contributed by atoms with Crippen molar-refractivity contribution in [3.63, 3.8) is 0 Å². The van der Waals surface area contributed by atoms with Gasteiger partial charge in [0, 0.05) is 17.7 Å². The Balaban J connectivity index is 1.66. The average molecular weight is 360 g/mol. The molecule has 0 heterocycles. The summed E-state index contributed by atoms with van der Waals surface area (Å²) in [6.45, 7) is 0. The highest BCUT2D eigenvalue weighted by Crippen LogP contribution is 2.26. The SMILES string of the molecule is COc1ccc(/C=C/C(=O)Oc2ccc(-c3ccccc3)cc2)c(OC)c1. The van der Waals surface area contributed by atoms with Crippen molar-refractivity contribution >= 4 is 12.0 Å². The number of rotatable bonds is 6. The highest BCUT2D eigenvalue weighted by atomic mass is 16.5. The highest BCUT2D eigenvalue weighted by Gasteiger charge is 2.05. The minimum Gasteiger partial charge on any atom is -0.497 e. The summed E-state index contributed by atoms with van der Waals surface area (Å²) in [5.74, 6) is 1.34. The normalized spacial score (nSPS) is 10.6. The van der Waals surface area contributed by atoms with Crippen LogP contribution in [0.1, 0.15) is 5.56 Å². The van der Waals surface area contributed by atoms with Crippen molar-refractivity contribution in [2.45, 2.75) is 0 Å². The molecule has 0 atom stereocenters. The molecule has 3 aromatic carbocycles. The standard InChI is InChI=1S/C23H20O4/c1-25-21-14-10-19(22(16-21)26-2)11-15-23(24)27-20-12-8-18(9-13-20)17-6-4-3-5-7-17/h3-16H,1-2H3/b15-11+. The van der Waals surface area contributed by atoms with Crippen LogP contribution < -0.4 is 14.2 Å². The third-order valence-corrected chi connectivity index (χ3v) is 4.02. The van der Waals surface area contributed by atoms with E-state index in [1.54, 1.807) is 44.6 Å². The van der Waals surface area contributed by atoms with E-state index in [-0.39, 0.29) is 0 Å². The summed E-state index contributed by atoms with van der Waals surface area (Å²) in [4.78, 5) is 12.1. The van der Waals surface area contributed by atoms with E-state index in [0.717, 1.165) is 16.7 Å². The van der Waals surface area contributed by atoms with Crippen molar-refractivity contribution in [2.75, 3.05) is 14.2 Å². The van der Waals surface area contributed by atoms with Crippen LogP contribution in [0.2, 0.25) is 0 Å². The second kappa shape index (κ2) is 8.72. The van der Waals surface area contributed by atoms with E-state index < -0.39 is 5.97 Å². The van der Waals surface area contributed by atoms with Crippen LogP contribution in [0.5, 0.6) is 17.2 Å². The van der Waals surface area contributed by atoms with Gasteiger partial charge in [0.2, 0.25) is 0 Å². The van der Waals surface area contributed by atoms with E-state index in [4.69, 9.17) is 14.2 Å². The Morgan fingerprint density at radius 1 is 0.778 bits per heavy atom. The molecule has 136 valence electrons. The minimum atomic E-state index is -0.458. The van der Waals surface area contributed by atoms with Crippen LogP contribution in [-0.4, -0.2) is 20.2 Å². The van der Waals surface area contributed by atoms with Gasteiger partial charge in [-0.25, -0.2) is 4.79 Å². The molecule has 0 saturated carbocycles. The van der Waals surface area contributed by atoms with E-state index in [1.165, 1.54) is 6.08 Å². The number of hydrogen-bond donors (Lipinski definition) is 0. The maximum absolute atomic E-state index is 12.1. The van der Waals surface area contributed by atoms with E-state index >= 15 is 0 Å². The minimum absolute atomic E-state index is 0.458. The number of esters is 1. The fourth-order valence-corrected chi connectivity index (χ4v) is 2.61. The van der Waals surface area contributed by atoms with Gasteiger partial charge in [0.25, 0.3) is 0 Å². The van der Waals surface area contributed by atoms with Gasteiger partial charge in [0.05, 0.1) is 14.2 Å². The zero-order chi connectivity index (χ0) is 19.1. The first-order valence-electron chi connectivity index (χ1n) is 8.47. The topological polar surface area (TPSA) is 44.8 Å². The van der Waals surface area contributed by atoms with Crippen LogP contribution in [0.3, 0.4) is 0 Å². The lowest BCUT2D eigenvalue weighted by Crippen LogP contribution is -2.03. The van der Waals surface area contributed by atoms with Crippen molar-refractivity contribution in [3.8, 4) is 28.4 Å². The molecule has 0 fully saturated rings. The number of ether oxygens (including phenoxy) is 3. The maximum Gasteiger partial charge on any atom is 0.336 e. The monoisotopic (exact) mass is 360 g/mol. The second-order valence-corrected chi connectivity index (χ2v) is 5.75. The molecule has 0 radical (unpaired) electrons. The molecular weight excluding hydrogens is 340 g/mol. The molecule has 4 heteroatoms. The van der Waals surface area contributed by atoms with Crippen LogP contribution in [0.4, 0.5) is 0 Å². The first-order valence-corrected chi connectivity index (χ1v) is 8.47. The molecule has 0 N–H and O–H groups in total. The van der Waals surface area contributed by atoms with Gasteiger partial charge in [0.1, 0.15) is 17.2 Å².